The fraction of sp³-hybridized carbons (Fsp3) is 0.636. The zero-order valence-electron chi connectivity index (χ0n) is 17.0. The van der Waals surface area contributed by atoms with Gasteiger partial charge in [0.25, 0.3) is 5.91 Å². The molecule has 0 saturated carbocycles. The van der Waals surface area contributed by atoms with Crippen LogP contribution < -0.4 is 0 Å². The molecule has 7 heteroatoms. The molecule has 3 aliphatic rings. The summed E-state index contributed by atoms with van der Waals surface area (Å²) in [5, 5.41) is 0. The van der Waals surface area contributed by atoms with Crippen molar-refractivity contribution in [2.45, 2.75) is 44.4 Å². The fourth-order valence-electron chi connectivity index (χ4n) is 4.71. The van der Waals surface area contributed by atoms with E-state index in [4.69, 9.17) is 4.74 Å². The first-order chi connectivity index (χ1) is 13.7. The van der Waals surface area contributed by atoms with Crippen molar-refractivity contribution >= 4 is 11.8 Å². The quantitative estimate of drug-likeness (QED) is 0.772. The molecule has 3 heterocycles. The van der Waals surface area contributed by atoms with Crippen LogP contribution in [0.2, 0.25) is 0 Å². The lowest BCUT2D eigenvalue weighted by atomic mass is 9.93. The van der Waals surface area contributed by atoms with Gasteiger partial charge in [0.1, 0.15) is 0 Å². The summed E-state index contributed by atoms with van der Waals surface area (Å²) in [6, 6.07) is 5.71. The molecule has 1 aromatic carbocycles. The maximum Gasteiger partial charge on any atom is 0.265 e. The molecule has 0 aromatic heterocycles. The van der Waals surface area contributed by atoms with Crippen molar-refractivity contribution in [2.75, 3.05) is 39.4 Å². The highest BCUT2D eigenvalue weighted by atomic mass is 19.2. The highest BCUT2D eigenvalue weighted by molar-refractivity contribution is 5.92. The van der Waals surface area contributed by atoms with Crippen LogP contribution in [0.15, 0.2) is 18.2 Å². The summed E-state index contributed by atoms with van der Waals surface area (Å²) >= 11 is 0. The second kappa shape index (κ2) is 7.35. The van der Waals surface area contributed by atoms with Crippen molar-refractivity contribution < 1.29 is 23.1 Å². The minimum absolute atomic E-state index is 0.0766. The third-order valence-corrected chi connectivity index (χ3v) is 6.73. The minimum atomic E-state index is -2.64. The van der Waals surface area contributed by atoms with E-state index in [1.807, 2.05) is 32.0 Å². The lowest BCUT2D eigenvalue weighted by molar-refractivity contribution is -0.140. The Kier molecular flexibility index (Phi) is 5.13. The highest BCUT2D eigenvalue weighted by Crippen LogP contribution is 2.46. The van der Waals surface area contributed by atoms with Crippen LogP contribution in [-0.4, -0.2) is 72.3 Å². The Morgan fingerprint density at radius 1 is 1.14 bits per heavy atom. The highest BCUT2D eigenvalue weighted by Gasteiger charge is 2.71. The van der Waals surface area contributed by atoms with Crippen molar-refractivity contribution in [3.63, 3.8) is 0 Å². The van der Waals surface area contributed by atoms with Gasteiger partial charge in [-0.1, -0.05) is 18.2 Å². The molecule has 0 unspecified atom stereocenters. The van der Waals surface area contributed by atoms with Crippen LogP contribution in [0.3, 0.4) is 0 Å². The molecule has 3 saturated heterocycles. The van der Waals surface area contributed by atoms with Gasteiger partial charge in [0.15, 0.2) is 5.67 Å². The van der Waals surface area contributed by atoms with Crippen LogP contribution in [0.1, 0.15) is 29.5 Å². The lowest BCUT2D eigenvalue weighted by Crippen LogP contribution is -2.48. The largest absolute Gasteiger partial charge is 0.381 e. The number of carbonyl (C=O) groups excluding carboxylic acids is 2. The number of halogens is 2. The number of alkyl halides is 2. The van der Waals surface area contributed by atoms with E-state index in [1.54, 1.807) is 0 Å². The monoisotopic (exact) mass is 406 g/mol. The zero-order valence-corrected chi connectivity index (χ0v) is 17.0. The predicted octanol–water partition coefficient (Wildman–Crippen LogP) is 2.37. The van der Waals surface area contributed by atoms with Crippen LogP contribution in [0, 0.1) is 19.8 Å². The van der Waals surface area contributed by atoms with Crippen molar-refractivity contribution in [2.24, 2.45) is 5.92 Å². The molecule has 2 amide bonds. The van der Waals surface area contributed by atoms with E-state index in [0.29, 0.717) is 19.8 Å². The molecule has 0 aliphatic carbocycles. The van der Waals surface area contributed by atoms with Gasteiger partial charge in [-0.25, -0.2) is 8.78 Å². The fourth-order valence-corrected chi connectivity index (χ4v) is 4.71. The van der Waals surface area contributed by atoms with E-state index >= 15 is 8.78 Å². The first kappa shape index (κ1) is 20.3. The standard InChI is InChI=1S/C22H28F2N2O3/c1-15-3-4-18(9-16(15)2)10-19(27)26-13-21(23)12-25(20(28)22(21,24)14-26)11-17-5-7-29-8-6-17/h3-4,9,17H,5-8,10-14H2,1-2H3/t21-,22-/m1/s1. The molecule has 3 fully saturated rings. The molecule has 0 radical (unpaired) electrons. The number of rotatable bonds is 4. The SMILES string of the molecule is Cc1ccc(CC(=O)N2C[C@]3(F)CN(CC4CCOCC4)C(=O)[C@]3(F)C2)cc1C. The van der Waals surface area contributed by atoms with E-state index in [0.717, 1.165) is 29.5 Å². The van der Waals surface area contributed by atoms with Gasteiger partial charge in [-0.2, -0.15) is 0 Å². The first-order valence-corrected chi connectivity index (χ1v) is 10.3. The van der Waals surface area contributed by atoms with E-state index in [-0.39, 0.29) is 31.3 Å². The number of aryl methyl sites for hydroxylation is 2. The molecular weight excluding hydrogens is 378 g/mol. The van der Waals surface area contributed by atoms with Gasteiger partial charge in [-0.3, -0.25) is 9.59 Å². The number of ether oxygens (including phenoxy) is 1. The molecule has 0 N–H and O–H groups in total. The normalized spacial score (nSPS) is 30.1. The van der Waals surface area contributed by atoms with Gasteiger partial charge in [0.2, 0.25) is 11.6 Å². The number of carbonyl (C=O) groups is 2. The average molecular weight is 406 g/mol. The molecule has 4 rings (SSSR count). The number of amides is 2. The van der Waals surface area contributed by atoms with Crippen LogP contribution in [-0.2, 0) is 20.7 Å². The van der Waals surface area contributed by atoms with Crippen LogP contribution in [0.25, 0.3) is 0 Å². The minimum Gasteiger partial charge on any atom is -0.381 e. The van der Waals surface area contributed by atoms with E-state index < -0.39 is 23.8 Å². The van der Waals surface area contributed by atoms with Gasteiger partial charge in [0, 0.05) is 19.8 Å². The smallest absolute Gasteiger partial charge is 0.265 e. The molecule has 5 nitrogen and oxygen atoms in total. The van der Waals surface area contributed by atoms with Gasteiger partial charge in [0.05, 0.1) is 26.1 Å². The van der Waals surface area contributed by atoms with Crippen molar-refractivity contribution in [1.82, 2.24) is 9.80 Å². The maximum atomic E-state index is 15.6. The van der Waals surface area contributed by atoms with Crippen LogP contribution in [0.5, 0.6) is 0 Å². The van der Waals surface area contributed by atoms with Gasteiger partial charge in [-0.15, -0.1) is 0 Å². The Balaban J connectivity index is 1.43. The average Bonchev–Trinajstić information content (AvgIpc) is 3.05. The van der Waals surface area contributed by atoms with Crippen molar-refractivity contribution in [1.29, 1.82) is 0 Å². The first-order valence-electron chi connectivity index (χ1n) is 10.3. The number of likely N-dealkylation sites (tertiary alicyclic amines) is 2. The molecule has 1 aromatic rings. The van der Waals surface area contributed by atoms with Gasteiger partial charge < -0.3 is 14.5 Å². The van der Waals surface area contributed by atoms with E-state index in [2.05, 4.69) is 0 Å². The molecule has 0 spiro atoms. The van der Waals surface area contributed by atoms with Crippen LogP contribution in [0.4, 0.5) is 8.78 Å². The molecule has 158 valence electrons. The molecule has 0 bridgehead atoms. The Bertz CT molecular complexity index is 826. The van der Waals surface area contributed by atoms with Crippen LogP contribution >= 0.6 is 0 Å². The number of hydrogen-bond donors (Lipinski definition) is 0. The third-order valence-electron chi connectivity index (χ3n) is 6.73. The lowest BCUT2D eigenvalue weighted by Gasteiger charge is -2.28. The molecule has 29 heavy (non-hydrogen) atoms. The summed E-state index contributed by atoms with van der Waals surface area (Å²) in [4.78, 5) is 27.9. The van der Waals surface area contributed by atoms with Gasteiger partial charge >= 0.3 is 0 Å². The summed E-state index contributed by atoms with van der Waals surface area (Å²) < 4.78 is 36.4. The summed E-state index contributed by atoms with van der Waals surface area (Å²) in [7, 11) is 0. The summed E-state index contributed by atoms with van der Waals surface area (Å²) in [5.74, 6) is -0.949. The van der Waals surface area contributed by atoms with Gasteiger partial charge in [-0.05, 0) is 49.3 Å². The molecule has 2 atom stereocenters. The van der Waals surface area contributed by atoms with E-state index in [1.165, 1.54) is 9.80 Å². The summed E-state index contributed by atoms with van der Waals surface area (Å²) in [5.41, 5.74) is -1.98. The second-order valence-electron chi connectivity index (χ2n) is 8.85. The Morgan fingerprint density at radius 2 is 1.86 bits per heavy atom. The molecule has 3 aliphatic heterocycles. The Morgan fingerprint density at radius 3 is 2.52 bits per heavy atom. The zero-order chi connectivity index (χ0) is 20.8. The second-order valence-corrected chi connectivity index (χ2v) is 8.85. The summed E-state index contributed by atoms with van der Waals surface area (Å²) in [6.45, 7) is 4.38. The number of fused-ring (bicyclic) bond motifs is 1. The van der Waals surface area contributed by atoms with E-state index in [9.17, 15) is 9.59 Å². The predicted molar refractivity (Wildman–Crippen MR) is 104 cm³/mol. The third kappa shape index (κ3) is 3.54. The van der Waals surface area contributed by atoms with Crippen molar-refractivity contribution in [3.05, 3.63) is 34.9 Å². The Hall–Kier alpha value is -2.02. The van der Waals surface area contributed by atoms with Crippen molar-refractivity contribution in [3.8, 4) is 0 Å². The maximum absolute atomic E-state index is 15.6. The number of hydrogen-bond acceptors (Lipinski definition) is 3. The Labute approximate surface area is 170 Å². The molecular formula is C22H28F2N2O3. The number of nitrogens with zero attached hydrogens (tertiary/aromatic N) is 2. The summed E-state index contributed by atoms with van der Waals surface area (Å²) in [6.07, 6.45) is 1.67. The topological polar surface area (TPSA) is 49.9 Å². The number of benzene rings is 1.